The van der Waals surface area contributed by atoms with Crippen LogP contribution in [0.2, 0.25) is 0 Å². The number of fused-ring (bicyclic) bond motifs is 12. The second kappa shape index (κ2) is 10.6. The van der Waals surface area contributed by atoms with E-state index in [1.807, 2.05) is 36.4 Å². The zero-order valence-electron chi connectivity index (χ0n) is 29.6. The first-order chi connectivity index (χ1) is 26.5. The summed E-state index contributed by atoms with van der Waals surface area (Å²) in [7, 11) is 0. The Morgan fingerprint density at radius 3 is 1.63 bits per heavy atom. The van der Waals surface area contributed by atoms with Gasteiger partial charge in [0.15, 0.2) is 0 Å². The molecule has 0 spiro atoms. The van der Waals surface area contributed by atoms with Crippen molar-refractivity contribution < 1.29 is 8.83 Å². The van der Waals surface area contributed by atoms with E-state index in [9.17, 15) is 0 Å². The summed E-state index contributed by atoms with van der Waals surface area (Å²) in [5.41, 5.74) is 14.2. The summed E-state index contributed by atoms with van der Waals surface area (Å²) < 4.78 is 15.0. The summed E-state index contributed by atoms with van der Waals surface area (Å²) in [5.74, 6) is 0.608. The quantitative estimate of drug-likeness (QED) is 0.185. The van der Waals surface area contributed by atoms with Crippen LogP contribution in [-0.2, 0) is 5.41 Å². The Labute approximate surface area is 309 Å². The minimum absolute atomic E-state index is 0.161. The van der Waals surface area contributed by atoms with Crippen molar-refractivity contribution in [3.8, 4) is 39.6 Å². The van der Waals surface area contributed by atoms with E-state index in [0.29, 0.717) is 5.95 Å². The molecule has 0 amide bonds. The lowest BCUT2D eigenvalue weighted by atomic mass is 9.82. The number of furan rings is 2. The van der Waals surface area contributed by atoms with Crippen LogP contribution >= 0.6 is 0 Å². The number of hydrogen-bond acceptors (Lipinski definition) is 4. The molecule has 7 aromatic carbocycles. The van der Waals surface area contributed by atoms with Crippen LogP contribution in [0, 0.1) is 0 Å². The molecule has 5 heteroatoms. The van der Waals surface area contributed by atoms with Gasteiger partial charge in [0, 0.05) is 48.9 Å². The van der Waals surface area contributed by atoms with Gasteiger partial charge < -0.3 is 8.83 Å². The maximum Gasteiger partial charge on any atom is 0.235 e. The van der Waals surface area contributed by atoms with E-state index in [0.717, 1.165) is 77.4 Å². The highest BCUT2D eigenvalue weighted by molar-refractivity contribution is 6.15. The first-order valence-corrected chi connectivity index (χ1v) is 18.4. The van der Waals surface area contributed by atoms with Crippen molar-refractivity contribution in [3.63, 3.8) is 0 Å². The normalized spacial score (nSPS) is 13.5. The van der Waals surface area contributed by atoms with Gasteiger partial charge in [-0.15, -0.1) is 0 Å². The van der Waals surface area contributed by atoms with Gasteiger partial charge in [-0.05, 0) is 70.8 Å². The van der Waals surface area contributed by atoms with Crippen molar-refractivity contribution in [1.82, 2.24) is 14.5 Å². The first-order valence-electron chi connectivity index (χ1n) is 18.4. The van der Waals surface area contributed by atoms with Crippen LogP contribution in [0.1, 0.15) is 25.0 Å². The molecule has 4 heterocycles. The molecule has 0 unspecified atom stereocenters. The molecular formula is C49H31N3O2. The molecule has 1 aliphatic rings. The molecular weight excluding hydrogens is 663 g/mol. The molecule has 4 aromatic heterocycles. The number of benzene rings is 7. The van der Waals surface area contributed by atoms with Crippen molar-refractivity contribution in [2.24, 2.45) is 0 Å². The third-order valence-electron chi connectivity index (χ3n) is 11.6. The molecule has 0 aliphatic heterocycles. The van der Waals surface area contributed by atoms with Gasteiger partial charge >= 0.3 is 0 Å². The van der Waals surface area contributed by atoms with E-state index >= 15 is 0 Å². The topological polar surface area (TPSA) is 57.0 Å². The van der Waals surface area contributed by atoms with Gasteiger partial charge in [-0.25, -0.2) is 9.97 Å². The monoisotopic (exact) mass is 693 g/mol. The fourth-order valence-electron chi connectivity index (χ4n) is 9.17. The fraction of sp³-hybridized carbons (Fsp3) is 0.0612. The first kappa shape index (κ1) is 29.6. The summed E-state index contributed by atoms with van der Waals surface area (Å²) in [6.07, 6.45) is 0. The van der Waals surface area contributed by atoms with E-state index in [1.165, 1.54) is 33.0 Å². The van der Waals surface area contributed by atoms with Gasteiger partial charge in [-0.1, -0.05) is 117 Å². The van der Waals surface area contributed by atoms with Gasteiger partial charge in [0.2, 0.25) is 5.95 Å². The predicted octanol–water partition coefficient (Wildman–Crippen LogP) is 13.0. The second-order valence-corrected chi connectivity index (χ2v) is 14.9. The number of hydrogen-bond donors (Lipinski definition) is 0. The van der Waals surface area contributed by atoms with Gasteiger partial charge in [0.1, 0.15) is 22.3 Å². The van der Waals surface area contributed by atoms with Gasteiger partial charge in [-0.3, -0.25) is 4.57 Å². The average molecular weight is 694 g/mol. The molecule has 1 aliphatic carbocycles. The molecule has 0 saturated heterocycles. The van der Waals surface area contributed by atoms with Crippen molar-refractivity contribution in [1.29, 1.82) is 0 Å². The Morgan fingerprint density at radius 2 is 0.963 bits per heavy atom. The predicted molar refractivity (Wildman–Crippen MR) is 219 cm³/mol. The van der Waals surface area contributed by atoms with E-state index in [-0.39, 0.29) is 5.41 Å². The van der Waals surface area contributed by atoms with Gasteiger partial charge in [0.25, 0.3) is 0 Å². The molecule has 0 radical (unpaired) electrons. The zero-order chi connectivity index (χ0) is 35.7. The Kier molecular flexibility index (Phi) is 5.78. The third kappa shape index (κ3) is 3.93. The molecule has 254 valence electrons. The number of nitrogens with zero attached hydrogens (tertiary/aromatic N) is 3. The maximum atomic E-state index is 6.37. The average Bonchev–Trinajstić information content (AvgIpc) is 3.94. The van der Waals surface area contributed by atoms with Crippen molar-refractivity contribution >= 4 is 65.7 Å². The minimum Gasteiger partial charge on any atom is -0.456 e. The molecule has 5 nitrogen and oxygen atoms in total. The molecule has 0 bridgehead atoms. The lowest BCUT2D eigenvalue weighted by Gasteiger charge is -2.21. The summed E-state index contributed by atoms with van der Waals surface area (Å²) in [6, 6.07) is 53.3. The molecule has 0 atom stereocenters. The van der Waals surface area contributed by atoms with Crippen LogP contribution in [-0.4, -0.2) is 14.5 Å². The van der Waals surface area contributed by atoms with Crippen molar-refractivity contribution in [2.45, 2.75) is 19.3 Å². The lowest BCUT2D eigenvalue weighted by molar-refractivity contribution is 0.661. The highest BCUT2D eigenvalue weighted by Gasteiger charge is 2.36. The summed E-state index contributed by atoms with van der Waals surface area (Å²) in [5, 5.41) is 6.53. The SMILES string of the molecule is CC1(C)c2ccccc2-c2cc3c4ccccc4n(-c4nc(-c5cccc6oc7ccccc7c56)cc(-c5cccc6oc7ccccc7c56)n4)c3cc21. The van der Waals surface area contributed by atoms with E-state index < -0.39 is 0 Å². The van der Waals surface area contributed by atoms with E-state index in [2.05, 4.69) is 134 Å². The number of rotatable bonds is 3. The Balaban J connectivity index is 1.21. The molecule has 12 rings (SSSR count). The van der Waals surface area contributed by atoms with Crippen LogP contribution in [0.4, 0.5) is 0 Å². The van der Waals surface area contributed by atoms with Crippen LogP contribution in [0.25, 0.3) is 105 Å². The zero-order valence-corrected chi connectivity index (χ0v) is 29.6. The second-order valence-electron chi connectivity index (χ2n) is 14.9. The largest absolute Gasteiger partial charge is 0.456 e. The van der Waals surface area contributed by atoms with Crippen molar-refractivity contribution in [2.75, 3.05) is 0 Å². The minimum atomic E-state index is -0.161. The fourth-order valence-corrected chi connectivity index (χ4v) is 9.17. The van der Waals surface area contributed by atoms with Crippen LogP contribution in [0.15, 0.2) is 160 Å². The molecule has 11 aromatic rings. The molecule has 0 saturated carbocycles. The Hall–Kier alpha value is -6.98. The summed E-state index contributed by atoms with van der Waals surface area (Å²) >= 11 is 0. The Bertz CT molecular complexity index is 3250. The van der Waals surface area contributed by atoms with Crippen LogP contribution in [0.5, 0.6) is 0 Å². The highest BCUT2D eigenvalue weighted by atomic mass is 16.3. The highest BCUT2D eigenvalue weighted by Crippen LogP contribution is 2.51. The van der Waals surface area contributed by atoms with Crippen LogP contribution in [0.3, 0.4) is 0 Å². The standard InChI is InChI=1S/C49H31N3O2/c1-49(2)36-19-7-3-13-28(36)34-25-35-29-14-4-8-20-40(29)52(41(35)26-37(34)49)48-50-38(30-17-11-23-44-46(30)32-15-5-9-21-42(32)53-44)27-39(51-48)31-18-12-24-45-47(31)33-16-6-10-22-43(33)54-45/h3-27H,1-2H3. The molecule has 54 heavy (non-hydrogen) atoms. The number of aromatic nitrogens is 3. The van der Waals surface area contributed by atoms with Crippen molar-refractivity contribution in [3.05, 3.63) is 163 Å². The smallest absolute Gasteiger partial charge is 0.235 e. The Morgan fingerprint density at radius 1 is 0.426 bits per heavy atom. The lowest BCUT2D eigenvalue weighted by Crippen LogP contribution is -2.15. The van der Waals surface area contributed by atoms with Gasteiger partial charge in [0.05, 0.1) is 22.4 Å². The van der Waals surface area contributed by atoms with E-state index in [1.54, 1.807) is 0 Å². The van der Waals surface area contributed by atoms with E-state index in [4.69, 9.17) is 18.8 Å². The maximum absolute atomic E-state index is 6.37. The molecule has 0 fully saturated rings. The summed E-state index contributed by atoms with van der Waals surface area (Å²) in [4.78, 5) is 11.0. The van der Waals surface area contributed by atoms with Gasteiger partial charge in [-0.2, -0.15) is 0 Å². The summed E-state index contributed by atoms with van der Waals surface area (Å²) in [6.45, 7) is 4.66. The third-order valence-corrected chi connectivity index (χ3v) is 11.6. The number of para-hydroxylation sites is 3. The molecule has 0 N–H and O–H groups in total. The van der Waals surface area contributed by atoms with Crippen LogP contribution < -0.4 is 0 Å².